The molecule has 1 aromatic carbocycles. The minimum Gasteiger partial charge on any atom is -0.370 e. The maximum absolute atomic E-state index is 5.84. The van der Waals surface area contributed by atoms with Crippen LogP contribution >= 0.6 is 0 Å². The van der Waals surface area contributed by atoms with E-state index in [0.717, 1.165) is 12.2 Å². The van der Waals surface area contributed by atoms with Crippen LogP contribution in [0.25, 0.3) is 0 Å². The summed E-state index contributed by atoms with van der Waals surface area (Å²) < 4.78 is 1.91. The number of nitrogens with two attached hydrogens (primary N) is 1. The first-order valence-electron chi connectivity index (χ1n) is 7.07. The van der Waals surface area contributed by atoms with Crippen LogP contribution < -0.4 is 11.1 Å². The first-order valence-corrected chi connectivity index (χ1v) is 7.07. The highest BCUT2D eigenvalue weighted by Gasteiger charge is 2.09. The Morgan fingerprint density at radius 2 is 1.95 bits per heavy atom. The van der Waals surface area contributed by atoms with Gasteiger partial charge in [0.05, 0.1) is 18.8 Å². The van der Waals surface area contributed by atoms with Gasteiger partial charge in [-0.15, -0.1) is 0 Å². The van der Waals surface area contributed by atoms with Gasteiger partial charge in [-0.2, -0.15) is 5.10 Å². The number of guanidine groups is 1. The number of benzene rings is 1. The maximum Gasteiger partial charge on any atom is 0.189 e. The molecule has 0 radical (unpaired) electrons. The van der Waals surface area contributed by atoms with Gasteiger partial charge in [-0.3, -0.25) is 4.68 Å². The van der Waals surface area contributed by atoms with Crippen molar-refractivity contribution in [3.8, 4) is 0 Å². The highest BCUT2D eigenvalue weighted by molar-refractivity contribution is 5.78. The van der Waals surface area contributed by atoms with Gasteiger partial charge in [-0.25, -0.2) is 4.99 Å². The Morgan fingerprint density at radius 1 is 1.24 bits per heavy atom. The van der Waals surface area contributed by atoms with E-state index in [2.05, 4.69) is 27.5 Å². The summed E-state index contributed by atoms with van der Waals surface area (Å²) in [6.07, 6.45) is 1.96. The fourth-order valence-corrected chi connectivity index (χ4v) is 1.94. The van der Waals surface area contributed by atoms with Crippen LogP contribution in [-0.2, 0) is 13.1 Å². The average Bonchev–Trinajstić information content (AvgIpc) is 2.83. The van der Waals surface area contributed by atoms with Crippen molar-refractivity contribution in [3.63, 3.8) is 0 Å². The lowest BCUT2D eigenvalue weighted by atomic mass is 10.1. The SMILES string of the molecule is CC(C)(C)NC(N)=NCc1ccn(Cc2ccccc2)n1. The minimum atomic E-state index is -0.0831. The van der Waals surface area contributed by atoms with Gasteiger partial charge >= 0.3 is 0 Å². The van der Waals surface area contributed by atoms with Crippen molar-refractivity contribution in [1.82, 2.24) is 15.1 Å². The van der Waals surface area contributed by atoms with Gasteiger partial charge in [0.2, 0.25) is 0 Å². The molecule has 0 aliphatic heterocycles. The molecule has 0 saturated carbocycles. The minimum absolute atomic E-state index is 0.0831. The van der Waals surface area contributed by atoms with Crippen molar-refractivity contribution in [2.45, 2.75) is 39.4 Å². The van der Waals surface area contributed by atoms with Crippen LogP contribution in [0.1, 0.15) is 32.0 Å². The van der Waals surface area contributed by atoms with Gasteiger partial charge < -0.3 is 11.1 Å². The lowest BCUT2D eigenvalue weighted by Crippen LogP contribution is -2.44. The molecule has 2 rings (SSSR count). The Morgan fingerprint density at radius 3 is 2.62 bits per heavy atom. The summed E-state index contributed by atoms with van der Waals surface area (Å²) >= 11 is 0. The topological polar surface area (TPSA) is 68.2 Å². The number of hydrogen-bond acceptors (Lipinski definition) is 2. The second-order valence-electron chi connectivity index (χ2n) is 6.07. The van der Waals surface area contributed by atoms with E-state index in [1.807, 2.05) is 55.9 Å². The lowest BCUT2D eigenvalue weighted by Gasteiger charge is -2.20. The van der Waals surface area contributed by atoms with Crippen LogP contribution in [0.2, 0.25) is 0 Å². The molecule has 5 nitrogen and oxygen atoms in total. The normalized spacial score (nSPS) is 12.4. The Labute approximate surface area is 125 Å². The molecule has 1 aromatic heterocycles. The molecule has 0 atom stereocenters. The van der Waals surface area contributed by atoms with Gasteiger partial charge in [0.25, 0.3) is 0 Å². The molecule has 21 heavy (non-hydrogen) atoms. The Kier molecular flexibility index (Phi) is 4.62. The molecule has 0 aliphatic rings. The molecule has 0 unspecified atom stereocenters. The number of aliphatic imine (C=N–C) groups is 1. The lowest BCUT2D eigenvalue weighted by molar-refractivity contribution is 0.508. The number of rotatable bonds is 4. The Hall–Kier alpha value is -2.30. The summed E-state index contributed by atoms with van der Waals surface area (Å²) in [7, 11) is 0. The average molecular weight is 285 g/mol. The molecule has 0 amide bonds. The Balaban J connectivity index is 1.93. The van der Waals surface area contributed by atoms with Crippen molar-refractivity contribution in [1.29, 1.82) is 0 Å². The van der Waals surface area contributed by atoms with Crippen LogP contribution in [0, 0.1) is 0 Å². The van der Waals surface area contributed by atoms with Crippen molar-refractivity contribution < 1.29 is 0 Å². The standard InChI is InChI=1S/C16H23N5/c1-16(2,3)19-15(17)18-11-14-9-10-21(20-14)12-13-7-5-4-6-8-13/h4-10H,11-12H2,1-3H3,(H3,17,18,19). The molecule has 2 aromatic rings. The molecule has 0 aliphatic carbocycles. The van der Waals surface area contributed by atoms with Crippen LogP contribution in [0.4, 0.5) is 0 Å². The van der Waals surface area contributed by atoms with Crippen molar-refractivity contribution >= 4 is 5.96 Å². The third kappa shape index (κ3) is 5.30. The maximum atomic E-state index is 5.84. The van der Waals surface area contributed by atoms with Gasteiger partial charge in [0.15, 0.2) is 5.96 Å². The first-order chi connectivity index (χ1) is 9.92. The van der Waals surface area contributed by atoms with E-state index in [1.165, 1.54) is 5.56 Å². The molecule has 3 N–H and O–H groups in total. The van der Waals surface area contributed by atoms with Gasteiger partial charge in [0.1, 0.15) is 0 Å². The number of aromatic nitrogens is 2. The highest BCUT2D eigenvalue weighted by Crippen LogP contribution is 2.04. The zero-order chi connectivity index (χ0) is 15.3. The summed E-state index contributed by atoms with van der Waals surface area (Å²) in [4.78, 5) is 4.31. The van der Waals surface area contributed by atoms with Gasteiger partial charge in [-0.1, -0.05) is 30.3 Å². The number of nitrogens with one attached hydrogen (secondary N) is 1. The van der Waals surface area contributed by atoms with E-state index >= 15 is 0 Å². The monoisotopic (exact) mass is 285 g/mol. The molecular formula is C16H23N5. The van der Waals surface area contributed by atoms with E-state index in [-0.39, 0.29) is 5.54 Å². The van der Waals surface area contributed by atoms with Crippen molar-refractivity contribution in [3.05, 3.63) is 53.9 Å². The van der Waals surface area contributed by atoms with Crippen LogP contribution in [0.3, 0.4) is 0 Å². The van der Waals surface area contributed by atoms with E-state index in [9.17, 15) is 0 Å². The van der Waals surface area contributed by atoms with Crippen LogP contribution in [0.5, 0.6) is 0 Å². The van der Waals surface area contributed by atoms with Crippen LogP contribution in [-0.4, -0.2) is 21.3 Å². The van der Waals surface area contributed by atoms with E-state index in [4.69, 9.17) is 5.73 Å². The van der Waals surface area contributed by atoms with E-state index in [0.29, 0.717) is 12.5 Å². The quantitative estimate of drug-likeness (QED) is 0.668. The second-order valence-corrected chi connectivity index (χ2v) is 6.07. The zero-order valence-electron chi connectivity index (χ0n) is 12.9. The predicted octanol–water partition coefficient (Wildman–Crippen LogP) is 2.13. The molecule has 0 fully saturated rings. The highest BCUT2D eigenvalue weighted by atomic mass is 15.3. The number of nitrogens with zero attached hydrogens (tertiary/aromatic N) is 3. The van der Waals surface area contributed by atoms with E-state index < -0.39 is 0 Å². The Bertz CT molecular complexity index is 593. The second kappa shape index (κ2) is 6.43. The summed E-state index contributed by atoms with van der Waals surface area (Å²) in [5, 5.41) is 7.63. The first kappa shape index (κ1) is 15.1. The molecule has 5 heteroatoms. The largest absolute Gasteiger partial charge is 0.370 e. The van der Waals surface area contributed by atoms with Crippen molar-refractivity contribution in [2.24, 2.45) is 10.7 Å². The molecule has 112 valence electrons. The third-order valence-electron chi connectivity index (χ3n) is 2.80. The predicted molar refractivity (Wildman–Crippen MR) is 86.0 cm³/mol. The fourth-order valence-electron chi connectivity index (χ4n) is 1.94. The molecule has 0 spiro atoms. The fraction of sp³-hybridized carbons (Fsp3) is 0.375. The van der Waals surface area contributed by atoms with E-state index in [1.54, 1.807) is 0 Å². The molecule has 0 bridgehead atoms. The zero-order valence-corrected chi connectivity index (χ0v) is 12.9. The summed E-state index contributed by atoms with van der Waals surface area (Å²) in [6, 6.07) is 12.2. The summed E-state index contributed by atoms with van der Waals surface area (Å²) in [5.41, 5.74) is 7.89. The molecule has 1 heterocycles. The molecule has 0 saturated heterocycles. The van der Waals surface area contributed by atoms with Gasteiger partial charge in [-0.05, 0) is 32.4 Å². The van der Waals surface area contributed by atoms with Crippen molar-refractivity contribution in [2.75, 3.05) is 0 Å². The van der Waals surface area contributed by atoms with Gasteiger partial charge in [0, 0.05) is 11.7 Å². The summed E-state index contributed by atoms with van der Waals surface area (Å²) in [5.74, 6) is 0.445. The number of hydrogen-bond donors (Lipinski definition) is 2. The third-order valence-corrected chi connectivity index (χ3v) is 2.80. The van der Waals surface area contributed by atoms with Crippen LogP contribution in [0.15, 0.2) is 47.6 Å². The summed E-state index contributed by atoms with van der Waals surface area (Å²) in [6.45, 7) is 7.38. The molecular weight excluding hydrogens is 262 g/mol. The smallest absolute Gasteiger partial charge is 0.189 e.